The summed E-state index contributed by atoms with van der Waals surface area (Å²) in [5, 5.41) is 3.11. The molecule has 1 N–H and O–H groups in total. The lowest BCUT2D eigenvalue weighted by Crippen LogP contribution is -2.21. The number of nitrogens with one attached hydrogen (secondary N) is 1. The van der Waals surface area contributed by atoms with Crippen LogP contribution in [0.2, 0.25) is 13.6 Å². The van der Waals surface area contributed by atoms with E-state index in [-0.39, 0.29) is 6.85 Å². The lowest BCUT2D eigenvalue weighted by Gasteiger charge is -2.02. The highest BCUT2D eigenvalue weighted by Crippen LogP contribution is 1.62. The number of hydrogen-bond acceptors (Lipinski definition) is 1. The van der Waals surface area contributed by atoms with Crippen LogP contribution in [0.4, 0.5) is 0 Å². The molecule has 0 fully saturated rings. The molecule has 0 saturated carbocycles. The van der Waals surface area contributed by atoms with E-state index < -0.39 is 0 Å². The lowest BCUT2D eigenvalue weighted by molar-refractivity contribution is 1.21. The second-order valence-corrected chi connectivity index (χ2v) is 1.77. The monoisotopic (exact) mass is 72.1 g/mol. The van der Waals surface area contributed by atoms with Crippen molar-refractivity contribution in [2.24, 2.45) is 0 Å². The first kappa shape index (κ1) is 5.02. The van der Waals surface area contributed by atoms with Crippen LogP contribution in [0.25, 0.3) is 0 Å². The van der Waals surface area contributed by atoms with Gasteiger partial charge in [0.2, 0.25) is 0 Å². The smallest absolute Gasteiger partial charge is 0.0374 e. The van der Waals surface area contributed by atoms with Gasteiger partial charge in [0.1, 0.15) is 0 Å². The molecule has 0 saturated heterocycles. The van der Waals surface area contributed by atoms with Gasteiger partial charge in [0.15, 0.2) is 0 Å². The third-order valence-corrected chi connectivity index (χ3v) is 0.707. The molecule has 0 spiro atoms. The molecule has 0 heterocycles. The van der Waals surface area contributed by atoms with Crippen molar-refractivity contribution in [3.8, 4) is 0 Å². The van der Waals surface area contributed by atoms with Crippen LogP contribution in [0, 0.1) is 0 Å². The van der Waals surface area contributed by atoms with Gasteiger partial charge in [-0.3, -0.25) is 0 Å². The third kappa shape index (κ3) is 4.02. The fourth-order valence-electron chi connectivity index (χ4n) is 0. The molecule has 0 aliphatic carbocycles. The number of hydrogen-bond donors (Lipinski definition) is 1. The van der Waals surface area contributed by atoms with Gasteiger partial charge >= 0.3 is 0 Å². The first-order valence-electron chi connectivity index (χ1n) is 2.27. The third-order valence-electron chi connectivity index (χ3n) is 0.707. The Labute approximate surface area is 33.9 Å². The predicted molar refractivity (Wildman–Crippen MR) is 27.9 cm³/mol. The van der Waals surface area contributed by atoms with Gasteiger partial charge in [-0.15, -0.1) is 0 Å². The number of rotatable bonds is 1. The minimum absolute atomic E-state index is 0.0139. The van der Waals surface area contributed by atoms with E-state index in [1.54, 1.807) is 0 Å². The average molecular weight is 71.9 g/mol. The highest BCUT2D eigenvalue weighted by molar-refractivity contribution is 6.52. The minimum atomic E-state index is 0.0139. The zero-order valence-electron chi connectivity index (χ0n) is 4.21. The van der Waals surface area contributed by atoms with E-state index in [0.717, 1.165) is 0 Å². The molecule has 1 nitrogen and oxygen atoms in total. The first-order chi connectivity index (χ1) is 2.27. The van der Waals surface area contributed by atoms with Crippen LogP contribution < -0.4 is 5.23 Å². The van der Waals surface area contributed by atoms with Gasteiger partial charge in [0.05, 0.1) is 0 Å². The summed E-state index contributed by atoms with van der Waals surface area (Å²) in [5.41, 5.74) is 0. The Balaban J connectivity index is 2.54. The average Bonchev–Trinajstić information content (AvgIpc) is 1.38. The Hall–Kier alpha value is 0.0249. The highest BCUT2D eigenvalue weighted by atomic mass is 14.7. The summed E-state index contributed by atoms with van der Waals surface area (Å²) >= 11 is 0. The van der Waals surface area contributed by atoms with Crippen molar-refractivity contribution in [2.75, 3.05) is 7.05 Å². The Bertz CT molecular complexity index is 20.9. The van der Waals surface area contributed by atoms with Crippen LogP contribution in [0.3, 0.4) is 0 Å². The summed E-state index contributed by atoms with van der Waals surface area (Å²) in [5.74, 6) is 0. The highest BCUT2D eigenvalue weighted by Gasteiger charge is 1.71. The Morgan fingerprint density at radius 1 is 1.40 bits per heavy atom. The van der Waals surface area contributed by atoms with E-state index in [9.17, 15) is 0 Å². The molecule has 5 heavy (non-hydrogen) atoms. The largest absolute Gasteiger partial charge is 0.494 e. The summed E-state index contributed by atoms with van der Waals surface area (Å²) in [7, 11) is 1.99. The van der Waals surface area contributed by atoms with Crippen molar-refractivity contribution < 1.29 is 0 Å². The predicted octanol–water partition coefficient (Wildman–Crippen LogP) is 0.189. The Morgan fingerprint density at radius 3 is 1.60 bits per heavy atom. The maximum atomic E-state index is 3.11. The standard InChI is InChI=1S/C3H11BN/c1-4(2)5-3/h4-5H,1-3H3/q-1. The molecule has 32 valence electrons. The SMILES string of the molecule is CN[BH-](C)C. The van der Waals surface area contributed by atoms with Gasteiger partial charge in [0.25, 0.3) is 0 Å². The quantitative estimate of drug-likeness (QED) is 0.436. The van der Waals surface area contributed by atoms with Crippen molar-refractivity contribution in [1.82, 2.24) is 5.23 Å². The van der Waals surface area contributed by atoms with Gasteiger partial charge < -0.3 is 5.23 Å². The second-order valence-electron chi connectivity index (χ2n) is 1.77. The molecule has 0 unspecified atom stereocenters. The fourth-order valence-corrected chi connectivity index (χ4v) is 0. The van der Waals surface area contributed by atoms with Crippen LogP contribution in [0.15, 0.2) is 0 Å². The lowest BCUT2D eigenvalue weighted by atomic mass is 9.69. The van der Waals surface area contributed by atoms with E-state index in [2.05, 4.69) is 18.9 Å². The van der Waals surface area contributed by atoms with Crippen LogP contribution in [-0.4, -0.2) is 13.9 Å². The van der Waals surface area contributed by atoms with E-state index >= 15 is 0 Å². The summed E-state index contributed by atoms with van der Waals surface area (Å²) in [4.78, 5) is 0. The van der Waals surface area contributed by atoms with E-state index in [0.29, 0.717) is 0 Å². The normalized spacial score (nSPS) is 9.60. The Morgan fingerprint density at radius 2 is 1.60 bits per heavy atom. The zero-order valence-corrected chi connectivity index (χ0v) is 4.21. The van der Waals surface area contributed by atoms with Crippen molar-refractivity contribution >= 4 is 6.85 Å². The van der Waals surface area contributed by atoms with Gasteiger partial charge in [-0.25, -0.2) is 0 Å². The van der Waals surface area contributed by atoms with Gasteiger partial charge in [-0.2, -0.15) is 13.6 Å². The molecule has 2 heteroatoms. The van der Waals surface area contributed by atoms with Crippen LogP contribution >= 0.6 is 0 Å². The van der Waals surface area contributed by atoms with Crippen molar-refractivity contribution in [1.29, 1.82) is 0 Å². The molecule has 0 amide bonds. The van der Waals surface area contributed by atoms with Gasteiger partial charge in [-0.1, -0.05) is 7.05 Å². The van der Waals surface area contributed by atoms with Crippen LogP contribution in [0.1, 0.15) is 0 Å². The van der Waals surface area contributed by atoms with E-state index in [4.69, 9.17) is 0 Å². The topological polar surface area (TPSA) is 12.0 Å². The molecular formula is C3H11BN-. The molecule has 0 aromatic rings. The maximum Gasteiger partial charge on any atom is 0.0374 e. The summed E-state index contributed by atoms with van der Waals surface area (Å²) in [6, 6.07) is 0. The molecule has 0 radical (unpaired) electrons. The molecule has 0 aromatic carbocycles. The summed E-state index contributed by atoms with van der Waals surface area (Å²) < 4.78 is 0. The van der Waals surface area contributed by atoms with Gasteiger partial charge in [-0.05, 0) is 0 Å². The fraction of sp³-hybridized carbons (Fsp3) is 1.00. The van der Waals surface area contributed by atoms with Gasteiger partial charge in [0, 0.05) is 6.85 Å². The van der Waals surface area contributed by atoms with Crippen LogP contribution in [0.5, 0.6) is 0 Å². The molecule has 0 rings (SSSR count). The molecule has 0 aromatic heterocycles. The zero-order chi connectivity index (χ0) is 4.28. The summed E-state index contributed by atoms with van der Waals surface area (Å²) in [6.07, 6.45) is 0. The second kappa shape index (κ2) is 2.27. The van der Waals surface area contributed by atoms with Crippen molar-refractivity contribution in [2.45, 2.75) is 13.6 Å². The molecule has 0 aliphatic heterocycles. The van der Waals surface area contributed by atoms with E-state index in [1.165, 1.54) is 0 Å². The van der Waals surface area contributed by atoms with Crippen molar-refractivity contribution in [3.63, 3.8) is 0 Å². The molecular weight excluding hydrogens is 60.9 g/mol. The summed E-state index contributed by atoms with van der Waals surface area (Å²) in [6.45, 7) is 4.40. The van der Waals surface area contributed by atoms with Crippen molar-refractivity contribution in [3.05, 3.63) is 0 Å². The van der Waals surface area contributed by atoms with Crippen LogP contribution in [-0.2, 0) is 0 Å². The molecule has 0 bridgehead atoms. The molecule has 0 aliphatic rings. The molecule has 0 atom stereocenters. The first-order valence-corrected chi connectivity index (χ1v) is 2.27. The van der Waals surface area contributed by atoms with E-state index in [1.807, 2.05) is 7.05 Å². The minimum Gasteiger partial charge on any atom is -0.494 e. The maximum absolute atomic E-state index is 3.11. The Kier molecular flexibility index (Phi) is 2.28.